The minimum atomic E-state index is -0.277. The number of benzene rings is 2. The number of aliphatic hydroxyl groups is 1. The van der Waals surface area contributed by atoms with Gasteiger partial charge < -0.3 is 26.4 Å². The molecule has 3 aromatic heterocycles. The highest BCUT2D eigenvalue weighted by atomic mass is 35.5. The molecule has 0 radical (unpaired) electrons. The number of halogens is 1. The Balaban J connectivity index is 0.982. The number of pyridine rings is 2. The molecule has 5 aromatic rings. The van der Waals surface area contributed by atoms with Gasteiger partial charge in [0.2, 0.25) is 5.91 Å². The molecule has 12 nitrogen and oxygen atoms in total. The fourth-order valence-corrected chi connectivity index (χ4v) is 7.90. The molecule has 0 spiro atoms. The molecule has 2 aromatic carbocycles. The largest absolute Gasteiger partial charge is 0.392 e. The minimum absolute atomic E-state index is 0.0707. The fourth-order valence-electron chi connectivity index (χ4n) is 7.63. The molecular formula is C39H42ClN9O3. The van der Waals surface area contributed by atoms with Crippen molar-refractivity contribution in [2.75, 3.05) is 30.3 Å². The third-order valence-corrected chi connectivity index (χ3v) is 10.8. The Labute approximate surface area is 307 Å². The molecule has 3 aliphatic rings. The molecule has 0 aliphatic carbocycles. The van der Waals surface area contributed by atoms with Gasteiger partial charge in [-0.25, -0.2) is 4.98 Å². The highest BCUT2D eigenvalue weighted by molar-refractivity contribution is 6.36. The first-order chi connectivity index (χ1) is 25.3. The van der Waals surface area contributed by atoms with Crippen molar-refractivity contribution in [1.82, 2.24) is 35.3 Å². The smallest absolute Gasteiger partial charge is 0.276 e. The van der Waals surface area contributed by atoms with Crippen molar-refractivity contribution in [3.63, 3.8) is 0 Å². The lowest BCUT2D eigenvalue weighted by Crippen LogP contribution is -2.38. The summed E-state index contributed by atoms with van der Waals surface area (Å²) >= 11 is 7.09. The number of hydrogen-bond acceptors (Lipinski definition) is 9. The quantitative estimate of drug-likeness (QED) is 0.122. The third kappa shape index (κ3) is 7.11. The van der Waals surface area contributed by atoms with Crippen molar-refractivity contribution < 1.29 is 14.7 Å². The second kappa shape index (κ2) is 14.6. The molecule has 13 heteroatoms. The molecular weight excluding hydrogens is 678 g/mol. The number of likely N-dealkylation sites (tertiary alicyclic amines) is 1. The predicted molar refractivity (Wildman–Crippen MR) is 202 cm³/mol. The number of aryl methyl sites for hydroxylation is 1. The molecule has 2 saturated heterocycles. The summed E-state index contributed by atoms with van der Waals surface area (Å²) in [5, 5.41) is 29.2. The van der Waals surface area contributed by atoms with E-state index in [-0.39, 0.29) is 30.0 Å². The minimum Gasteiger partial charge on any atom is -0.392 e. The van der Waals surface area contributed by atoms with Crippen LogP contribution >= 0.6 is 11.6 Å². The molecule has 3 aliphatic heterocycles. The zero-order valence-corrected chi connectivity index (χ0v) is 29.8. The number of aromatic nitrogens is 4. The van der Waals surface area contributed by atoms with E-state index < -0.39 is 0 Å². The SMILES string of the molecule is Cc1c(NC(=O)c2cc3n(n2)CCCC3NC[C@@H]2CCC(=O)N2)cccc1-c1cccc(Nc2nccc3cc(CN4CC[C@@H](O)C4)cnc23)c1Cl. The number of anilines is 3. The van der Waals surface area contributed by atoms with Crippen molar-refractivity contribution in [3.05, 3.63) is 94.5 Å². The van der Waals surface area contributed by atoms with E-state index in [1.165, 1.54) is 0 Å². The van der Waals surface area contributed by atoms with Gasteiger partial charge in [0.05, 0.1) is 22.5 Å². The molecule has 1 unspecified atom stereocenters. The average Bonchev–Trinajstić information content (AvgIpc) is 3.89. The van der Waals surface area contributed by atoms with Crippen molar-refractivity contribution >= 4 is 51.5 Å². The third-order valence-electron chi connectivity index (χ3n) is 10.4. The average molecular weight is 720 g/mol. The zero-order valence-electron chi connectivity index (χ0n) is 29.0. The van der Waals surface area contributed by atoms with Crippen LogP contribution in [-0.2, 0) is 17.9 Å². The zero-order chi connectivity index (χ0) is 35.8. The second-order valence-electron chi connectivity index (χ2n) is 14.1. The van der Waals surface area contributed by atoms with Gasteiger partial charge in [-0.1, -0.05) is 35.9 Å². The van der Waals surface area contributed by atoms with Crippen LogP contribution in [0.15, 0.2) is 67.0 Å². The van der Waals surface area contributed by atoms with Crippen LogP contribution in [0.3, 0.4) is 0 Å². The molecule has 52 heavy (non-hydrogen) atoms. The summed E-state index contributed by atoms with van der Waals surface area (Å²) in [5.74, 6) is 0.427. The Morgan fingerprint density at radius 2 is 1.88 bits per heavy atom. The van der Waals surface area contributed by atoms with Gasteiger partial charge in [0.15, 0.2) is 11.5 Å². The number of amides is 2. The maximum atomic E-state index is 13.6. The number of aliphatic hydroxyl groups excluding tert-OH is 1. The van der Waals surface area contributed by atoms with E-state index in [2.05, 4.69) is 42.3 Å². The van der Waals surface area contributed by atoms with Gasteiger partial charge in [-0.3, -0.25) is 24.2 Å². The first kappa shape index (κ1) is 34.2. The molecule has 6 heterocycles. The van der Waals surface area contributed by atoms with E-state index in [9.17, 15) is 14.7 Å². The maximum Gasteiger partial charge on any atom is 0.276 e. The molecule has 8 rings (SSSR count). The highest BCUT2D eigenvalue weighted by Gasteiger charge is 2.27. The van der Waals surface area contributed by atoms with Crippen LogP contribution in [0.1, 0.15) is 65.5 Å². The van der Waals surface area contributed by atoms with Crippen LogP contribution in [0, 0.1) is 6.92 Å². The monoisotopic (exact) mass is 719 g/mol. The summed E-state index contributed by atoms with van der Waals surface area (Å²) in [7, 11) is 0. The molecule has 3 atom stereocenters. The van der Waals surface area contributed by atoms with Crippen LogP contribution in [0.25, 0.3) is 22.0 Å². The molecule has 268 valence electrons. The van der Waals surface area contributed by atoms with Crippen molar-refractivity contribution in [2.24, 2.45) is 0 Å². The van der Waals surface area contributed by atoms with Gasteiger partial charge in [0.1, 0.15) is 5.52 Å². The van der Waals surface area contributed by atoms with Gasteiger partial charge in [-0.2, -0.15) is 5.10 Å². The molecule has 0 bridgehead atoms. The summed E-state index contributed by atoms with van der Waals surface area (Å²) in [5.41, 5.74) is 7.11. The number of nitrogens with one attached hydrogen (secondary N) is 4. The van der Waals surface area contributed by atoms with E-state index >= 15 is 0 Å². The Bertz CT molecular complexity index is 2150. The fraction of sp³-hybridized carbons (Fsp3) is 0.359. The topological polar surface area (TPSA) is 149 Å². The number of fused-ring (bicyclic) bond motifs is 2. The normalized spacial score (nSPS) is 20.2. The van der Waals surface area contributed by atoms with E-state index in [1.54, 1.807) is 6.20 Å². The van der Waals surface area contributed by atoms with Crippen molar-refractivity contribution in [2.45, 2.75) is 70.3 Å². The van der Waals surface area contributed by atoms with Gasteiger partial charge in [-0.15, -0.1) is 0 Å². The summed E-state index contributed by atoms with van der Waals surface area (Å²) in [6.45, 7) is 5.72. The number of carbonyl (C=O) groups is 2. The Hall–Kier alpha value is -4.88. The van der Waals surface area contributed by atoms with E-state index in [1.807, 2.05) is 66.3 Å². The van der Waals surface area contributed by atoms with Crippen molar-refractivity contribution in [3.8, 4) is 11.1 Å². The molecule has 5 N–H and O–H groups in total. The molecule has 2 amide bonds. The van der Waals surface area contributed by atoms with Crippen LogP contribution in [-0.4, -0.2) is 73.3 Å². The number of β-amino-alcohol motifs (C(OH)–C–C–N with tert-alkyl or cyclic N) is 1. The van der Waals surface area contributed by atoms with E-state index in [0.717, 1.165) is 84.2 Å². The Morgan fingerprint density at radius 1 is 1.04 bits per heavy atom. The summed E-state index contributed by atoms with van der Waals surface area (Å²) in [4.78, 5) is 36.8. The van der Waals surface area contributed by atoms with Crippen LogP contribution in [0.2, 0.25) is 5.02 Å². The summed E-state index contributed by atoms with van der Waals surface area (Å²) in [6.07, 6.45) is 7.48. The van der Waals surface area contributed by atoms with Gasteiger partial charge in [0, 0.05) is 80.3 Å². The number of hydrogen-bond donors (Lipinski definition) is 5. The lowest BCUT2D eigenvalue weighted by atomic mass is 9.98. The molecule has 0 saturated carbocycles. The highest BCUT2D eigenvalue weighted by Crippen LogP contribution is 2.39. The summed E-state index contributed by atoms with van der Waals surface area (Å²) < 4.78 is 1.92. The first-order valence-electron chi connectivity index (χ1n) is 18.0. The van der Waals surface area contributed by atoms with Crippen LogP contribution < -0.4 is 21.3 Å². The van der Waals surface area contributed by atoms with Crippen LogP contribution in [0.4, 0.5) is 17.2 Å². The second-order valence-corrected chi connectivity index (χ2v) is 14.4. The lowest BCUT2D eigenvalue weighted by Gasteiger charge is -2.25. The number of nitrogens with zero attached hydrogens (tertiary/aromatic N) is 5. The van der Waals surface area contributed by atoms with E-state index in [0.29, 0.717) is 47.4 Å². The number of carbonyl (C=O) groups excluding carboxylic acids is 2. The lowest BCUT2D eigenvalue weighted by molar-refractivity contribution is -0.119. The summed E-state index contributed by atoms with van der Waals surface area (Å²) in [6, 6.07) is 17.7. The standard InChI is InChI=1S/C39H42ClN9O3/c1-23-28(5-2-7-30(23)46-39(52)33-18-34-31(9-4-15-49(34)47-33)42-20-26-10-11-35(51)44-26)29-6-3-8-32(36(29)40)45-38-37-25(12-14-41-38)17-24(19-43-37)21-48-16-13-27(50)22-48/h2-3,5-8,12,14,17-19,26-27,31,42,50H,4,9-11,13,15-16,20-22H2,1H3,(H,41,45)(H,44,51)(H,46,52)/t26-,27+,31?/m0/s1. The van der Waals surface area contributed by atoms with E-state index in [4.69, 9.17) is 16.6 Å². The predicted octanol–water partition coefficient (Wildman–Crippen LogP) is 5.72. The maximum absolute atomic E-state index is 13.6. The van der Waals surface area contributed by atoms with Crippen LogP contribution in [0.5, 0.6) is 0 Å². The first-order valence-corrected chi connectivity index (χ1v) is 18.4. The van der Waals surface area contributed by atoms with Gasteiger partial charge in [-0.05, 0) is 79.6 Å². The Morgan fingerprint density at radius 3 is 2.69 bits per heavy atom. The van der Waals surface area contributed by atoms with Crippen molar-refractivity contribution in [1.29, 1.82) is 0 Å². The number of rotatable bonds is 10. The van der Waals surface area contributed by atoms with Gasteiger partial charge in [0.25, 0.3) is 5.91 Å². The van der Waals surface area contributed by atoms with Gasteiger partial charge >= 0.3 is 0 Å². The molecule has 2 fully saturated rings. The Kier molecular flexibility index (Phi) is 9.63.